The summed E-state index contributed by atoms with van der Waals surface area (Å²) in [5.41, 5.74) is 1.11. The molecule has 0 bridgehead atoms. The molecule has 1 N–H and O–H groups in total. The molecule has 2 aromatic rings. The van der Waals surface area contributed by atoms with Gasteiger partial charge in [-0.2, -0.15) is 0 Å². The molecular weight excluding hydrogens is 412 g/mol. The van der Waals surface area contributed by atoms with E-state index in [1.165, 1.54) is 6.26 Å². The molecule has 1 unspecified atom stereocenters. The standard InChI is InChI=1S/C21H27ClN2O4S/c1-27-21-8-3-17(22)13-16(21)9-11-24-12-10-23-18(14-24)15-28-19-4-6-20(7-5-19)29(2,25)26/h3-8,13,18,23H,9-12,14-15H2,1-2H3. The molecule has 0 spiro atoms. The lowest BCUT2D eigenvalue weighted by Gasteiger charge is -2.33. The summed E-state index contributed by atoms with van der Waals surface area (Å²) < 4.78 is 34.4. The molecule has 0 aromatic heterocycles. The van der Waals surface area contributed by atoms with Gasteiger partial charge in [-0.05, 0) is 54.4 Å². The second kappa shape index (κ2) is 9.80. The zero-order chi connectivity index (χ0) is 20.9. The molecule has 8 heteroatoms. The van der Waals surface area contributed by atoms with Gasteiger partial charge >= 0.3 is 0 Å². The van der Waals surface area contributed by atoms with Crippen LogP contribution in [0.3, 0.4) is 0 Å². The monoisotopic (exact) mass is 438 g/mol. The normalized spacial score (nSPS) is 17.8. The zero-order valence-electron chi connectivity index (χ0n) is 16.7. The van der Waals surface area contributed by atoms with E-state index in [-0.39, 0.29) is 6.04 Å². The lowest BCUT2D eigenvalue weighted by molar-refractivity contribution is 0.159. The first kappa shape index (κ1) is 21.9. The molecule has 1 fully saturated rings. The van der Waals surface area contributed by atoms with Crippen molar-refractivity contribution in [1.82, 2.24) is 10.2 Å². The molecule has 1 aliphatic heterocycles. The third-order valence-corrected chi connectivity index (χ3v) is 6.35. The van der Waals surface area contributed by atoms with Crippen molar-refractivity contribution in [3.05, 3.63) is 53.1 Å². The van der Waals surface area contributed by atoms with Crippen LogP contribution in [0.15, 0.2) is 47.4 Å². The maximum absolute atomic E-state index is 11.5. The number of rotatable bonds is 8. The molecule has 3 rings (SSSR count). The van der Waals surface area contributed by atoms with Crippen molar-refractivity contribution in [3.8, 4) is 11.5 Å². The van der Waals surface area contributed by atoms with Crippen molar-refractivity contribution in [2.45, 2.75) is 17.4 Å². The summed E-state index contributed by atoms with van der Waals surface area (Å²) in [6.07, 6.45) is 2.06. The first-order valence-electron chi connectivity index (χ1n) is 9.56. The predicted octanol–water partition coefficient (Wildman–Crippen LogP) is 2.65. The topological polar surface area (TPSA) is 67.9 Å². The van der Waals surface area contributed by atoms with Gasteiger partial charge in [0.05, 0.1) is 18.0 Å². The van der Waals surface area contributed by atoms with Gasteiger partial charge in [-0.15, -0.1) is 0 Å². The highest BCUT2D eigenvalue weighted by molar-refractivity contribution is 7.90. The number of sulfone groups is 1. The van der Waals surface area contributed by atoms with Crippen LogP contribution >= 0.6 is 11.6 Å². The number of nitrogens with one attached hydrogen (secondary N) is 1. The third kappa shape index (κ3) is 6.34. The molecular formula is C21H27ClN2O4S. The number of benzene rings is 2. The smallest absolute Gasteiger partial charge is 0.175 e. The highest BCUT2D eigenvalue weighted by atomic mass is 35.5. The van der Waals surface area contributed by atoms with Crippen LogP contribution in [-0.2, 0) is 16.3 Å². The Morgan fingerprint density at radius 3 is 2.66 bits per heavy atom. The highest BCUT2D eigenvalue weighted by Gasteiger charge is 2.20. The SMILES string of the molecule is COc1ccc(Cl)cc1CCN1CCNC(COc2ccc(S(C)(=O)=O)cc2)C1. The molecule has 1 atom stereocenters. The van der Waals surface area contributed by atoms with Gasteiger partial charge in [0, 0.05) is 37.5 Å². The number of hydrogen-bond donors (Lipinski definition) is 1. The van der Waals surface area contributed by atoms with Crippen molar-refractivity contribution in [3.63, 3.8) is 0 Å². The van der Waals surface area contributed by atoms with Crippen LogP contribution < -0.4 is 14.8 Å². The number of halogens is 1. The first-order valence-corrected chi connectivity index (χ1v) is 11.8. The fraction of sp³-hybridized carbons (Fsp3) is 0.429. The quantitative estimate of drug-likeness (QED) is 0.683. The van der Waals surface area contributed by atoms with Crippen LogP contribution in [0.2, 0.25) is 5.02 Å². The molecule has 0 aliphatic carbocycles. The van der Waals surface area contributed by atoms with Crippen LogP contribution in [0.25, 0.3) is 0 Å². The van der Waals surface area contributed by atoms with Gasteiger partial charge in [-0.25, -0.2) is 8.42 Å². The minimum Gasteiger partial charge on any atom is -0.496 e. The Labute approximate surface area is 177 Å². The van der Waals surface area contributed by atoms with Crippen molar-refractivity contribution in [2.75, 3.05) is 46.2 Å². The van der Waals surface area contributed by atoms with E-state index in [1.807, 2.05) is 18.2 Å². The van der Waals surface area contributed by atoms with E-state index in [0.717, 1.165) is 43.9 Å². The van der Waals surface area contributed by atoms with Crippen LogP contribution in [-0.4, -0.2) is 65.5 Å². The van der Waals surface area contributed by atoms with E-state index in [0.29, 0.717) is 22.3 Å². The van der Waals surface area contributed by atoms with Gasteiger partial charge in [0.15, 0.2) is 9.84 Å². The third-order valence-electron chi connectivity index (χ3n) is 4.98. The van der Waals surface area contributed by atoms with Crippen molar-refractivity contribution in [1.29, 1.82) is 0 Å². The first-order chi connectivity index (χ1) is 13.8. The summed E-state index contributed by atoms with van der Waals surface area (Å²) >= 11 is 6.12. The Morgan fingerprint density at radius 1 is 1.21 bits per heavy atom. The van der Waals surface area contributed by atoms with Gasteiger partial charge in [-0.3, -0.25) is 0 Å². The molecule has 158 valence electrons. The van der Waals surface area contributed by atoms with Crippen molar-refractivity contribution < 1.29 is 17.9 Å². The van der Waals surface area contributed by atoms with E-state index in [1.54, 1.807) is 31.4 Å². The average molecular weight is 439 g/mol. The maximum atomic E-state index is 11.5. The lowest BCUT2D eigenvalue weighted by atomic mass is 10.1. The molecule has 0 saturated carbocycles. The molecule has 2 aromatic carbocycles. The molecule has 1 heterocycles. The Kier molecular flexibility index (Phi) is 7.40. The molecule has 1 aliphatic rings. The molecule has 29 heavy (non-hydrogen) atoms. The number of methoxy groups -OCH3 is 1. The van der Waals surface area contributed by atoms with Gasteiger partial charge in [0.25, 0.3) is 0 Å². The fourth-order valence-electron chi connectivity index (χ4n) is 3.41. The number of ether oxygens (including phenoxy) is 2. The Bertz CT molecular complexity index is 919. The van der Waals surface area contributed by atoms with Crippen LogP contribution in [0.4, 0.5) is 0 Å². The van der Waals surface area contributed by atoms with Crippen LogP contribution in [0.5, 0.6) is 11.5 Å². The van der Waals surface area contributed by atoms with Crippen LogP contribution in [0, 0.1) is 0 Å². The van der Waals surface area contributed by atoms with E-state index >= 15 is 0 Å². The van der Waals surface area contributed by atoms with Crippen LogP contribution in [0.1, 0.15) is 5.56 Å². The number of nitrogens with zero attached hydrogens (tertiary/aromatic N) is 1. The van der Waals surface area contributed by atoms with E-state index < -0.39 is 9.84 Å². The zero-order valence-corrected chi connectivity index (χ0v) is 18.3. The van der Waals surface area contributed by atoms with Gasteiger partial charge in [-0.1, -0.05) is 11.6 Å². The summed E-state index contributed by atoms with van der Waals surface area (Å²) in [6, 6.07) is 12.5. The average Bonchev–Trinajstić information content (AvgIpc) is 2.71. The second-order valence-electron chi connectivity index (χ2n) is 7.21. The highest BCUT2D eigenvalue weighted by Crippen LogP contribution is 2.23. The summed E-state index contributed by atoms with van der Waals surface area (Å²) in [5, 5.41) is 4.19. The van der Waals surface area contributed by atoms with E-state index in [2.05, 4.69) is 10.2 Å². The van der Waals surface area contributed by atoms with E-state index in [4.69, 9.17) is 21.1 Å². The molecule has 0 radical (unpaired) electrons. The Hall–Kier alpha value is -1.80. The second-order valence-corrected chi connectivity index (χ2v) is 9.66. The minimum absolute atomic E-state index is 0.208. The molecule has 6 nitrogen and oxygen atoms in total. The van der Waals surface area contributed by atoms with Gasteiger partial charge in [0.2, 0.25) is 0 Å². The lowest BCUT2D eigenvalue weighted by Crippen LogP contribution is -2.53. The Balaban J connectivity index is 1.50. The molecule has 0 amide bonds. The maximum Gasteiger partial charge on any atom is 0.175 e. The summed E-state index contributed by atoms with van der Waals surface area (Å²) in [7, 11) is -1.52. The van der Waals surface area contributed by atoms with Crippen molar-refractivity contribution in [2.24, 2.45) is 0 Å². The number of piperazine rings is 1. The van der Waals surface area contributed by atoms with Gasteiger partial charge in [0.1, 0.15) is 18.1 Å². The number of hydrogen-bond acceptors (Lipinski definition) is 6. The van der Waals surface area contributed by atoms with Gasteiger partial charge < -0.3 is 19.7 Å². The Morgan fingerprint density at radius 2 is 1.97 bits per heavy atom. The summed E-state index contributed by atoms with van der Waals surface area (Å²) in [5.74, 6) is 1.53. The van der Waals surface area contributed by atoms with E-state index in [9.17, 15) is 8.42 Å². The predicted molar refractivity (Wildman–Crippen MR) is 115 cm³/mol. The largest absolute Gasteiger partial charge is 0.496 e. The molecule has 1 saturated heterocycles. The fourth-order valence-corrected chi connectivity index (χ4v) is 4.24. The summed E-state index contributed by atoms with van der Waals surface area (Å²) in [6.45, 7) is 4.19. The minimum atomic E-state index is -3.19. The summed E-state index contributed by atoms with van der Waals surface area (Å²) in [4.78, 5) is 2.70. The van der Waals surface area contributed by atoms with Crippen molar-refractivity contribution >= 4 is 21.4 Å².